The molecule has 0 N–H and O–H groups in total. The lowest BCUT2D eigenvalue weighted by molar-refractivity contribution is 0.0617. The molecular formula is C33H51NO7Si2. The molecule has 0 spiro atoms. The van der Waals surface area contributed by atoms with Gasteiger partial charge < -0.3 is 27.8 Å². The van der Waals surface area contributed by atoms with E-state index in [1.807, 2.05) is 12.1 Å². The molecule has 0 radical (unpaired) electrons. The summed E-state index contributed by atoms with van der Waals surface area (Å²) in [5, 5.41) is -0.113. The maximum Gasteiger partial charge on any atom is 0.250 e. The number of methoxy groups -OCH3 is 2. The topological polar surface area (TPSA) is 75.7 Å². The van der Waals surface area contributed by atoms with Gasteiger partial charge in [0.2, 0.25) is 12.5 Å². The van der Waals surface area contributed by atoms with E-state index >= 15 is 0 Å². The highest BCUT2D eigenvalue weighted by Crippen LogP contribution is 2.56. The van der Waals surface area contributed by atoms with Gasteiger partial charge in [-0.25, -0.2) is 0 Å². The Labute approximate surface area is 260 Å². The minimum absolute atomic E-state index is 0.0385. The number of hydrogen-bond donors (Lipinski definition) is 0. The predicted molar refractivity (Wildman–Crippen MR) is 175 cm³/mol. The number of carbonyl (C=O) groups excluding carboxylic acids is 1. The zero-order chi connectivity index (χ0) is 32.1. The second kappa shape index (κ2) is 11.8. The van der Waals surface area contributed by atoms with Crippen molar-refractivity contribution in [3.8, 4) is 28.7 Å². The van der Waals surface area contributed by atoms with Crippen molar-refractivity contribution in [3.63, 3.8) is 0 Å². The summed E-state index contributed by atoms with van der Waals surface area (Å²) in [5.41, 5.74) is 3.38. The Hall–Kier alpha value is -2.54. The number of carbonyl (C=O) groups is 1. The van der Waals surface area contributed by atoms with Gasteiger partial charge >= 0.3 is 0 Å². The van der Waals surface area contributed by atoms with E-state index in [1.54, 1.807) is 14.2 Å². The van der Waals surface area contributed by atoms with Crippen molar-refractivity contribution < 1.29 is 32.6 Å². The van der Waals surface area contributed by atoms with Gasteiger partial charge in [0, 0.05) is 12.1 Å². The largest absolute Gasteiger partial charge is 0.541 e. The van der Waals surface area contributed by atoms with Crippen LogP contribution in [0.3, 0.4) is 0 Å². The van der Waals surface area contributed by atoms with Crippen LogP contribution in [0, 0.1) is 0 Å². The van der Waals surface area contributed by atoms with Crippen molar-refractivity contribution in [3.05, 3.63) is 40.5 Å². The number of rotatable bonds is 9. The molecule has 238 valence electrons. The second-order valence-corrected chi connectivity index (χ2v) is 24.3. The highest BCUT2D eigenvalue weighted by Gasteiger charge is 2.48. The minimum Gasteiger partial charge on any atom is -0.541 e. The normalized spacial score (nSPS) is 18.2. The van der Waals surface area contributed by atoms with Gasteiger partial charge in [-0.3, -0.25) is 9.69 Å². The summed E-state index contributed by atoms with van der Waals surface area (Å²) < 4.78 is 37.9. The molecule has 0 aliphatic carbocycles. The van der Waals surface area contributed by atoms with Gasteiger partial charge in [-0.15, -0.1) is 0 Å². The number of hydrogen-bond acceptors (Lipinski definition) is 8. The summed E-state index contributed by atoms with van der Waals surface area (Å²) in [5.74, 6) is 3.02. The lowest BCUT2D eigenvalue weighted by atomic mass is 9.84. The van der Waals surface area contributed by atoms with Crippen LogP contribution in [-0.2, 0) is 10.8 Å². The molecule has 2 atom stereocenters. The number of aldehydes is 1. The van der Waals surface area contributed by atoms with Crippen LogP contribution in [0.2, 0.25) is 36.3 Å². The van der Waals surface area contributed by atoms with Gasteiger partial charge in [-0.05, 0) is 73.0 Å². The molecule has 43 heavy (non-hydrogen) atoms. The van der Waals surface area contributed by atoms with Gasteiger partial charge in [0.15, 0.2) is 37.6 Å². The zero-order valence-electron chi connectivity index (χ0n) is 28.4. The maximum atomic E-state index is 12.8. The van der Waals surface area contributed by atoms with E-state index in [4.69, 9.17) is 27.8 Å². The zero-order valence-corrected chi connectivity index (χ0v) is 30.4. The van der Waals surface area contributed by atoms with E-state index in [9.17, 15) is 4.79 Å². The van der Waals surface area contributed by atoms with Crippen molar-refractivity contribution in [2.45, 2.75) is 96.4 Å². The van der Waals surface area contributed by atoms with E-state index < -0.39 is 22.7 Å². The first-order valence-electron chi connectivity index (χ1n) is 15.1. The van der Waals surface area contributed by atoms with Gasteiger partial charge in [-0.1, -0.05) is 47.6 Å². The first-order valence-corrected chi connectivity index (χ1v) is 20.9. The Bertz CT molecular complexity index is 1360. The Kier molecular flexibility index (Phi) is 9.12. The third-order valence-electron chi connectivity index (χ3n) is 9.97. The Morgan fingerprint density at radius 3 is 2.16 bits per heavy atom. The lowest BCUT2D eigenvalue weighted by Crippen LogP contribution is -2.47. The van der Waals surface area contributed by atoms with Gasteiger partial charge in [-0.2, -0.15) is 0 Å². The minimum atomic E-state index is -2.39. The highest BCUT2D eigenvalue weighted by atomic mass is 28.4. The van der Waals surface area contributed by atoms with Crippen LogP contribution < -0.4 is 23.4 Å². The van der Waals surface area contributed by atoms with Gasteiger partial charge in [0.05, 0.1) is 31.9 Å². The molecule has 4 rings (SSSR count). The smallest absolute Gasteiger partial charge is 0.250 e. The summed E-state index contributed by atoms with van der Waals surface area (Å²) in [6.07, 6.45) is 1.17. The Morgan fingerprint density at radius 1 is 0.953 bits per heavy atom. The molecule has 2 aliphatic heterocycles. The molecule has 2 aromatic rings. The van der Waals surface area contributed by atoms with Crippen molar-refractivity contribution in [1.82, 2.24) is 4.90 Å². The highest BCUT2D eigenvalue weighted by molar-refractivity contribution is 6.75. The van der Waals surface area contributed by atoms with Crippen LogP contribution >= 0.6 is 0 Å². The first-order chi connectivity index (χ1) is 19.9. The fraction of sp³-hybridized carbons (Fsp3) is 0.606. The van der Waals surface area contributed by atoms with E-state index in [0.717, 1.165) is 47.4 Å². The number of fused-ring (bicyclic) bond motifs is 2. The predicted octanol–water partition coefficient (Wildman–Crippen LogP) is 7.92. The Morgan fingerprint density at radius 2 is 1.60 bits per heavy atom. The average Bonchev–Trinajstić information content (AvgIpc) is 3.38. The summed E-state index contributed by atoms with van der Waals surface area (Å²) in [6.45, 7) is 23.3. The van der Waals surface area contributed by atoms with Crippen molar-refractivity contribution in [2.24, 2.45) is 0 Å². The van der Waals surface area contributed by atoms with Crippen molar-refractivity contribution in [1.29, 1.82) is 0 Å². The van der Waals surface area contributed by atoms with Gasteiger partial charge in [0.1, 0.15) is 0 Å². The maximum absolute atomic E-state index is 12.8. The van der Waals surface area contributed by atoms with Crippen LogP contribution in [0.25, 0.3) is 0 Å². The monoisotopic (exact) mass is 629 g/mol. The molecule has 0 amide bonds. The Balaban J connectivity index is 2.05. The molecule has 8 nitrogen and oxygen atoms in total. The number of nitrogens with zero attached hydrogens (tertiary/aromatic N) is 1. The fourth-order valence-corrected chi connectivity index (χ4v) is 7.55. The quantitative estimate of drug-likeness (QED) is 0.205. The fourth-order valence-electron chi connectivity index (χ4n) is 5.28. The molecule has 0 fully saturated rings. The second-order valence-electron chi connectivity index (χ2n) is 14.8. The SMILES string of the molecule is COc1ccc([C@H](O[Si](C)(C)C(C)(C)C)[C@H]2c3c(cc4c(c3O[Si](C)(C)C(C)(C)C)OCO4)CCN2C)c(C=O)c1OC. The van der Waals surface area contributed by atoms with E-state index in [0.29, 0.717) is 22.8 Å². The number of ether oxygens (including phenoxy) is 4. The lowest BCUT2D eigenvalue weighted by Gasteiger charge is -2.47. The van der Waals surface area contributed by atoms with Crippen LogP contribution in [0.5, 0.6) is 28.7 Å². The molecular weight excluding hydrogens is 579 g/mol. The third kappa shape index (κ3) is 6.08. The molecule has 2 heterocycles. The van der Waals surface area contributed by atoms with Crippen LogP contribution in [-0.4, -0.2) is 62.4 Å². The van der Waals surface area contributed by atoms with Crippen molar-refractivity contribution >= 4 is 22.9 Å². The molecule has 10 heteroatoms. The van der Waals surface area contributed by atoms with Crippen LogP contribution in [0.1, 0.15) is 80.7 Å². The summed E-state index contributed by atoms with van der Waals surface area (Å²) in [6, 6.07) is 5.64. The molecule has 0 bridgehead atoms. The third-order valence-corrected chi connectivity index (χ3v) is 18.8. The first kappa shape index (κ1) is 33.4. The molecule has 0 unspecified atom stereocenters. The van der Waals surface area contributed by atoms with E-state index in [2.05, 4.69) is 85.7 Å². The molecule has 2 aromatic carbocycles. The van der Waals surface area contributed by atoms with Crippen molar-refractivity contribution in [2.75, 3.05) is 34.6 Å². The molecule has 0 saturated heterocycles. The molecule has 0 saturated carbocycles. The summed E-state index contributed by atoms with van der Waals surface area (Å²) in [7, 11) is 0.560. The van der Waals surface area contributed by atoms with Gasteiger partial charge in [0.25, 0.3) is 8.32 Å². The number of likely N-dealkylation sites (N-methyl/N-ethyl adjacent to an activating group) is 1. The molecule has 2 aliphatic rings. The van der Waals surface area contributed by atoms with E-state index in [1.165, 1.54) is 0 Å². The number of benzene rings is 2. The van der Waals surface area contributed by atoms with Crippen LogP contribution in [0.15, 0.2) is 18.2 Å². The molecule has 0 aromatic heterocycles. The standard InChI is InChI=1S/C33H51NO7Si2/c1-32(2,3)42(10,11)40-29(22-14-15-24(36-8)28(37-9)23(22)19-35)27-26-21(16-17-34(27)7)18-25-30(39-20-38-25)31(26)41-43(12,13)33(4,5)6/h14-15,18-19,27,29H,16-17,20H2,1-13H3/t27-,29+/m1/s1. The average molecular weight is 630 g/mol. The van der Waals surface area contributed by atoms with Crippen LogP contribution in [0.4, 0.5) is 0 Å². The summed E-state index contributed by atoms with van der Waals surface area (Å²) >= 11 is 0. The van der Waals surface area contributed by atoms with E-state index in [-0.39, 0.29) is 22.9 Å². The summed E-state index contributed by atoms with van der Waals surface area (Å²) in [4.78, 5) is 15.1.